The van der Waals surface area contributed by atoms with Crippen LogP contribution in [0.25, 0.3) is 0 Å². The van der Waals surface area contributed by atoms with E-state index in [1.807, 2.05) is 0 Å². The van der Waals surface area contributed by atoms with Gasteiger partial charge in [0.15, 0.2) is 6.61 Å². The van der Waals surface area contributed by atoms with Gasteiger partial charge in [-0.15, -0.1) is 12.4 Å². The highest BCUT2D eigenvalue weighted by atomic mass is 35.5. The largest absolute Gasteiger partial charge is 0.484 e. The van der Waals surface area contributed by atoms with E-state index < -0.39 is 4.92 Å². The van der Waals surface area contributed by atoms with E-state index in [1.165, 1.54) is 36.4 Å². The first kappa shape index (κ1) is 20.6. The molecule has 1 aliphatic heterocycles. The SMILES string of the molecule is Cl.O=C(COc1ccc([N+](=O)[O-])cc1)N1CCNCC1c1cccc(F)c1. The molecule has 1 heterocycles. The average Bonchev–Trinajstić information content (AvgIpc) is 2.66. The van der Waals surface area contributed by atoms with Crippen molar-refractivity contribution in [1.29, 1.82) is 0 Å². The van der Waals surface area contributed by atoms with Crippen molar-refractivity contribution in [3.05, 3.63) is 70.0 Å². The van der Waals surface area contributed by atoms with E-state index in [0.717, 1.165) is 5.56 Å². The molecule has 27 heavy (non-hydrogen) atoms. The molecule has 144 valence electrons. The molecule has 0 bridgehead atoms. The molecule has 2 aromatic rings. The summed E-state index contributed by atoms with van der Waals surface area (Å²) < 4.78 is 19.0. The smallest absolute Gasteiger partial charge is 0.269 e. The molecule has 0 spiro atoms. The number of halogens is 2. The Balaban J connectivity index is 0.00000261. The highest BCUT2D eigenvalue weighted by Crippen LogP contribution is 2.23. The van der Waals surface area contributed by atoms with Crippen LogP contribution in [0.15, 0.2) is 48.5 Å². The number of nitrogens with zero attached hydrogens (tertiary/aromatic N) is 2. The van der Waals surface area contributed by atoms with Crippen molar-refractivity contribution in [3.63, 3.8) is 0 Å². The van der Waals surface area contributed by atoms with Crippen LogP contribution in [-0.2, 0) is 4.79 Å². The Morgan fingerprint density at radius 2 is 2.04 bits per heavy atom. The zero-order valence-corrected chi connectivity index (χ0v) is 15.2. The summed E-state index contributed by atoms with van der Waals surface area (Å²) in [5.74, 6) is -0.192. The lowest BCUT2D eigenvalue weighted by Crippen LogP contribution is -2.50. The number of amides is 1. The predicted molar refractivity (Wildman–Crippen MR) is 99.6 cm³/mol. The molecule has 0 radical (unpaired) electrons. The van der Waals surface area contributed by atoms with Crippen molar-refractivity contribution in [2.45, 2.75) is 6.04 Å². The summed E-state index contributed by atoms with van der Waals surface area (Å²) in [6.45, 7) is 1.48. The molecular weight excluding hydrogens is 377 g/mol. The molecule has 0 aromatic heterocycles. The molecule has 0 aliphatic carbocycles. The van der Waals surface area contributed by atoms with Crippen LogP contribution in [-0.4, -0.2) is 42.0 Å². The summed E-state index contributed by atoms with van der Waals surface area (Å²) in [6.07, 6.45) is 0. The monoisotopic (exact) mass is 395 g/mol. The molecule has 1 fully saturated rings. The minimum Gasteiger partial charge on any atom is -0.484 e. The van der Waals surface area contributed by atoms with Gasteiger partial charge in [-0.1, -0.05) is 12.1 Å². The van der Waals surface area contributed by atoms with Crippen LogP contribution in [0.1, 0.15) is 11.6 Å². The van der Waals surface area contributed by atoms with Gasteiger partial charge in [0.2, 0.25) is 0 Å². The Morgan fingerprint density at radius 1 is 1.30 bits per heavy atom. The highest BCUT2D eigenvalue weighted by molar-refractivity contribution is 5.85. The highest BCUT2D eigenvalue weighted by Gasteiger charge is 2.28. The van der Waals surface area contributed by atoms with E-state index in [9.17, 15) is 19.3 Å². The fourth-order valence-corrected chi connectivity index (χ4v) is 2.91. The fraction of sp³-hybridized carbons (Fsp3) is 0.278. The van der Waals surface area contributed by atoms with Crippen molar-refractivity contribution in [2.24, 2.45) is 0 Å². The van der Waals surface area contributed by atoms with E-state index in [2.05, 4.69) is 5.32 Å². The lowest BCUT2D eigenvalue weighted by atomic mass is 10.0. The molecule has 1 amide bonds. The summed E-state index contributed by atoms with van der Waals surface area (Å²) in [6, 6.07) is 11.5. The second-order valence-corrected chi connectivity index (χ2v) is 5.90. The molecule has 7 nitrogen and oxygen atoms in total. The van der Waals surface area contributed by atoms with E-state index in [-0.39, 0.29) is 42.5 Å². The van der Waals surface area contributed by atoms with Crippen LogP contribution in [0.5, 0.6) is 5.75 Å². The third-order valence-corrected chi connectivity index (χ3v) is 4.21. The van der Waals surface area contributed by atoms with Crippen molar-refractivity contribution in [2.75, 3.05) is 26.2 Å². The minimum absolute atomic E-state index is 0. The quantitative estimate of drug-likeness (QED) is 0.621. The zero-order valence-electron chi connectivity index (χ0n) is 14.3. The number of piperazine rings is 1. The number of non-ortho nitro benzene ring substituents is 1. The number of benzene rings is 2. The Labute approximate surface area is 161 Å². The van der Waals surface area contributed by atoms with E-state index in [4.69, 9.17) is 4.74 Å². The fourth-order valence-electron chi connectivity index (χ4n) is 2.91. The van der Waals surface area contributed by atoms with Gasteiger partial charge in [-0.05, 0) is 29.8 Å². The first-order valence-corrected chi connectivity index (χ1v) is 8.17. The molecule has 1 atom stereocenters. The average molecular weight is 396 g/mol. The Bertz CT molecular complexity index is 803. The van der Waals surface area contributed by atoms with Gasteiger partial charge < -0.3 is 15.0 Å². The first-order chi connectivity index (χ1) is 12.5. The Hall–Kier alpha value is -2.71. The number of hydrogen-bond acceptors (Lipinski definition) is 5. The van der Waals surface area contributed by atoms with Crippen LogP contribution in [0.3, 0.4) is 0 Å². The maximum atomic E-state index is 13.5. The summed E-state index contributed by atoms with van der Waals surface area (Å²) in [5, 5.41) is 13.9. The van der Waals surface area contributed by atoms with Crippen molar-refractivity contribution in [3.8, 4) is 5.75 Å². The minimum atomic E-state index is -0.501. The lowest BCUT2D eigenvalue weighted by Gasteiger charge is -2.36. The molecule has 1 aliphatic rings. The maximum absolute atomic E-state index is 13.5. The van der Waals surface area contributed by atoms with Gasteiger partial charge in [0, 0.05) is 31.8 Å². The summed E-state index contributed by atoms with van der Waals surface area (Å²) in [4.78, 5) is 24.4. The van der Waals surface area contributed by atoms with Crippen molar-refractivity contribution < 1.29 is 18.8 Å². The standard InChI is InChI=1S/C18H18FN3O4.ClH/c19-14-3-1-2-13(10-14)17-11-20-8-9-21(17)18(23)12-26-16-6-4-15(5-7-16)22(24)25;/h1-7,10,17,20H,8-9,11-12H2;1H. The molecule has 9 heteroatoms. The maximum Gasteiger partial charge on any atom is 0.269 e. The number of carbonyl (C=O) groups is 1. The van der Waals surface area contributed by atoms with Crippen molar-refractivity contribution in [1.82, 2.24) is 10.2 Å². The molecule has 2 aromatic carbocycles. The molecule has 1 N–H and O–H groups in total. The van der Waals surface area contributed by atoms with E-state index >= 15 is 0 Å². The van der Waals surface area contributed by atoms with Crippen LogP contribution in [0.2, 0.25) is 0 Å². The third kappa shape index (κ3) is 5.15. The van der Waals surface area contributed by atoms with Gasteiger partial charge in [-0.2, -0.15) is 0 Å². The Kier molecular flexibility index (Phi) is 7.09. The first-order valence-electron chi connectivity index (χ1n) is 8.17. The number of nitro groups is 1. The summed E-state index contributed by atoms with van der Waals surface area (Å²) >= 11 is 0. The molecule has 1 unspecified atom stereocenters. The summed E-state index contributed by atoms with van der Waals surface area (Å²) in [5.41, 5.74) is 0.679. The topological polar surface area (TPSA) is 84.7 Å². The van der Waals surface area contributed by atoms with Crippen LogP contribution >= 0.6 is 12.4 Å². The van der Waals surface area contributed by atoms with Gasteiger partial charge in [-0.3, -0.25) is 14.9 Å². The van der Waals surface area contributed by atoms with Crippen molar-refractivity contribution >= 4 is 24.0 Å². The van der Waals surface area contributed by atoms with Crippen LogP contribution in [0, 0.1) is 15.9 Å². The second-order valence-electron chi connectivity index (χ2n) is 5.90. The van der Waals surface area contributed by atoms with Gasteiger partial charge in [-0.25, -0.2) is 4.39 Å². The van der Waals surface area contributed by atoms with Gasteiger partial charge in [0.25, 0.3) is 11.6 Å². The second kappa shape index (κ2) is 9.29. The lowest BCUT2D eigenvalue weighted by molar-refractivity contribution is -0.384. The van der Waals surface area contributed by atoms with E-state index in [1.54, 1.807) is 17.0 Å². The number of hydrogen-bond donors (Lipinski definition) is 1. The number of nitro benzene ring substituents is 1. The van der Waals surface area contributed by atoms with Crippen LogP contribution in [0.4, 0.5) is 10.1 Å². The summed E-state index contributed by atoms with van der Waals surface area (Å²) in [7, 11) is 0. The number of ether oxygens (including phenoxy) is 1. The Morgan fingerprint density at radius 3 is 2.70 bits per heavy atom. The number of rotatable bonds is 5. The zero-order chi connectivity index (χ0) is 18.5. The van der Waals surface area contributed by atoms with Gasteiger partial charge in [0.1, 0.15) is 11.6 Å². The van der Waals surface area contributed by atoms with E-state index in [0.29, 0.717) is 25.4 Å². The van der Waals surface area contributed by atoms with Crippen LogP contribution < -0.4 is 10.1 Å². The molecule has 1 saturated heterocycles. The third-order valence-electron chi connectivity index (χ3n) is 4.21. The number of nitrogens with one attached hydrogen (secondary N) is 1. The molecular formula is C18H19ClFN3O4. The number of carbonyl (C=O) groups excluding carboxylic acids is 1. The normalized spacial score (nSPS) is 16.3. The molecule has 0 saturated carbocycles. The van der Waals surface area contributed by atoms with Gasteiger partial charge >= 0.3 is 0 Å². The van der Waals surface area contributed by atoms with Gasteiger partial charge in [0.05, 0.1) is 11.0 Å². The molecule has 3 rings (SSSR count). The predicted octanol–water partition coefficient (Wildman–Crippen LogP) is 2.71.